The number of thiazole rings is 1. The van der Waals surface area contributed by atoms with E-state index in [1.165, 1.54) is 23.4 Å². The van der Waals surface area contributed by atoms with Gasteiger partial charge in [0.25, 0.3) is 0 Å². The Labute approximate surface area is 127 Å². The molecule has 1 atom stereocenters. The van der Waals surface area contributed by atoms with Crippen molar-refractivity contribution in [3.63, 3.8) is 0 Å². The molecule has 0 bridgehead atoms. The number of rotatable bonds is 2. The first-order valence-corrected chi connectivity index (χ1v) is 8.46. The van der Waals surface area contributed by atoms with Gasteiger partial charge in [0.1, 0.15) is 0 Å². The molecule has 0 amide bonds. The van der Waals surface area contributed by atoms with Gasteiger partial charge in [-0.25, -0.2) is 4.98 Å². The van der Waals surface area contributed by atoms with Crippen molar-refractivity contribution in [2.45, 2.75) is 65.3 Å². The minimum Gasteiger partial charge on any atom is -0.348 e. The van der Waals surface area contributed by atoms with E-state index in [-0.39, 0.29) is 11.0 Å². The van der Waals surface area contributed by atoms with Crippen LogP contribution in [0.25, 0.3) is 0 Å². The largest absolute Gasteiger partial charge is 0.348 e. The van der Waals surface area contributed by atoms with Crippen LogP contribution in [0.4, 0.5) is 5.13 Å². The fourth-order valence-electron chi connectivity index (χ4n) is 2.75. The van der Waals surface area contributed by atoms with Crippen LogP contribution in [0.1, 0.15) is 65.0 Å². The van der Waals surface area contributed by atoms with Crippen LogP contribution in [-0.4, -0.2) is 18.1 Å². The van der Waals surface area contributed by atoms with Gasteiger partial charge in [-0.15, -0.1) is 0 Å². The van der Waals surface area contributed by atoms with Crippen LogP contribution in [-0.2, 0) is 11.0 Å². The summed E-state index contributed by atoms with van der Waals surface area (Å²) in [4.78, 5) is 8.65. The number of nitrogens with zero attached hydrogens (tertiary/aromatic N) is 2. The molecule has 0 spiro atoms. The van der Waals surface area contributed by atoms with Gasteiger partial charge < -0.3 is 10.6 Å². The Kier molecular flexibility index (Phi) is 4.18. The zero-order chi connectivity index (χ0) is 15.1. The van der Waals surface area contributed by atoms with E-state index in [0.29, 0.717) is 0 Å². The normalized spacial score (nSPS) is 21.4. The number of aromatic nitrogens is 1. The zero-order valence-corrected chi connectivity index (χ0v) is 14.6. The summed E-state index contributed by atoms with van der Waals surface area (Å²) >= 11 is 1.79. The van der Waals surface area contributed by atoms with E-state index < -0.39 is 0 Å². The lowest BCUT2D eigenvalue weighted by atomic mass is 9.87. The number of hydrogen-bond acceptors (Lipinski definition) is 4. The van der Waals surface area contributed by atoms with Crippen molar-refractivity contribution in [2.24, 2.45) is 11.7 Å². The molecule has 4 heteroatoms. The molecule has 114 valence electrons. The SMILES string of the molecule is CC1CCCN(c2nc(C(C)(C)C)c(C(C)(C)N)s2)C1. The van der Waals surface area contributed by atoms with Crippen molar-refractivity contribution in [3.8, 4) is 0 Å². The maximum atomic E-state index is 6.38. The molecule has 20 heavy (non-hydrogen) atoms. The minimum absolute atomic E-state index is 0.0438. The van der Waals surface area contributed by atoms with E-state index in [9.17, 15) is 0 Å². The number of nitrogens with two attached hydrogens (primary N) is 1. The summed E-state index contributed by atoms with van der Waals surface area (Å²) in [5.74, 6) is 0.764. The van der Waals surface area contributed by atoms with E-state index >= 15 is 0 Å². The van der Waals surface area contributed by atoms with Crippen LogP contribution >= 0.6 is 11.3 Å². The molecular weight excluding hydrogens is 266 g/mol. The quantitative estimate of drug-likeness (QED) is 0.900. The number of piperidine rings is 1. The summed E-state index contributed by atoms with van der Waals surface area (Å²) < 4.78 is 0. The lowest BCUT2D eigenvalue weighted by Gasteiger charge is -2.30. The van der Waals surface area contributed by atoms with Gasteiger partial charge in [0.2, 0.25) is 0 Å². The molecule has 1 aromatic heterocycles. The first-order chi connectivity index (χ1) is 9.09. The summed E-state index contributed by atoms with van der Waals surface area (Å²) in [6, 6.07) is 0. The van der Waals surface area contributed by atoms with Gasteiger partial charge in [-0.3, -0.25) is 0 Å². The van der Waals surface area contributed by atoms with E-state index in [1.807, 2.05) is 0 Å². The van der Waals surface area contributed by atoms with Crippen molar-refractivity contribution in [2.75, 3.05) is 18.0 Å². The second-order valence-corrected chi connectivity index (χ2v) is 8.82. The summed E-state index contributed by atoms with van der Waals surface area (Å²) in [5, 5.41) is 1.16. The fraction of sp³-hybridized carbons (Fsp3) is 0.812. The minimum atomic E-state index is -0.320. The van der Waals surface area contributed by atoms with Gasteiger partial charge in [-0.05, 0) is 32.6 Å². The van der Waals surface area contributed by atoms with Gasteiger partial charge in [0, 0.05) is 28.9 Å². The average Bonchev–Trinajstić information content (AvgIpc) is 2.72. The van der Waals surface area contributed by atoms with Crippen LogP contribution in [0.15, 0.2) is 0 Å². The van der Waals surface area contributed by atoms with Crippen LogP contribution in [0.3, 0.4) is 0 Å². The summed E-state index contributed by atoms with van der Waals surface area (Å²) in [7, 11) is 0. The third-order valence-corrected chi connectivity index (χ3v) is 5.29. The molecule has 0 radical (unpaired) electrons. The molecule has 2 heterocycles. The maximum absolute atomic E-state index is 6.38. The van der Waals surface area contributed by atoms with Crippen molar-refractivity contribution < 1.29 is 0 Å². The third-order valence-electron chi connectivity index (χ3n) is 3.84. The average molecular weight is 295 g/mol. The van der Waals surface area contributed by atoms with E-state index in [0.717, 1.165) is 24.1 Å². The van der Waals surface area contributed by atoms with E-state index in [2.05, 4.69) is 46.4 Å². The van der Waals surface area contributed by atoms with Crippen molar-refractivity contribution in [1.29, 1.82) is 0 Å². The van der Waals surface area contributed by atoms with Crippen LogP contribution < -0.4 is 10.6 Å². The Bertz CT molecular complexity index is 434. The highest BCUT2D eigenvalue weighted by Crippen LogP contribution is 2.39. The molecule has 2 N–H and O–H groups in total. The van der Waals surface area contributed by atoms with Gasteiger partial charge in [-0.2, -0.15) is 0 Å². The van der Waals surface area contributed by atoms with Crippen LogP contribution in [0, 0.1) is 5.92 Å². The lowest BCUT2D eigenvalue weighted by Crippen LogP contribution is -2.34. The standard InChI is InChI=1S/C16H29N3S/c1-11-8-7-9-19(10-11)14-18-12(15(2,3)4)13(20-14)16(5,6)17/h11H,7-10,17H2,1-6H3. The third kappa shape index (κ3) is 3.34. The van der Waals surface area contributed by atoms with E-state index in [4.69, 9.17) is 10.7 Å². The lowest BCUT2D eigenvalue weighted by molar-refractivity contribution is 0.445. The molecule has 0 saturated carbocycles. The van der Waals surface area contributed by atoms with Gasteiger partial charge >= 0.3 is 0 Å². The molecule has 1 unspecified atom stereocenters. The van der Waals surface area contributed by atoms with Gasteiger partial charge in [-0.1, -0.05) is 39.0 Å². The molecule has 0 aromatic carbocycles. The zero-order valence-electron chi connectivity index (χ0n) is 13.8. The topological polar surface area (TPSA) is 42.2 Å². The van der Waals surface area contributed by atoms with E-state index in [1.54, 1.807) is 11.3 Å². The molecular formula is C16H29N3S. The van der Waals surface area contributed by atoms with Crippen molar-refractivity contribution in [3.05, 3.63) is 10.6 Å². The molecule has 3 nitrogen and oxygen atoms in total. The van der Waals surface area contributed by atoms with Crippen LogP contribution in [0.2, 0.25) is 0 Å². The molecule has 2 rings (SSSR count). The highest BCUT2D eigenvalue weighted by atomic mass is 32.1. The smallest absolute Gasteiger partial charge is 0.185 e. The first-order valence-electron chi connectivity index (χ1n) is 7.64. The van der Waals surface area contributed by atoms with Gasteiger partial charge in [0.05, 0.1) is 5.69 Å². The Morgan fingerprint density at radius 2 is 1.90 bits per heavy atom. The first kappa shape index (κ1) is 15.8. The second kappa shape index (κ2) is 5.30. The predicted octanol–water partition coefficient (Wildman–Crippen LogP) is 3.87. The highest BCUT2D eigenvalue weighted by Gasteiger charge is 2.32. The summed E-state index contributed by atoms with van der Waals surface area (Å²) in [5.41, 5.74) is 7.27. The predicted molar refractivity (Wildman–Crippen MR) is 88.6 cm³/mol. The Hall–Kier alpha value is -0.610. The molecule has 1 aromatic rings. The van der Waals surface area contributed by atoms with Crippen molar-refractivity contribution >= 4 is 16.5 Å². The molecule has 1 fully saturated rings. The molecule has 1 aliphatic rings. The monoisotopic (exact) mass is 295 g/mol. The molecule has 0 aliphatic carbocycles. The van der Waals surface area contributed by atoms with Crippen molar-refractivity contribution in [1.82, 2.24) is 4.98 Å². The maximum Gasteiger partial charge on any atom is 0.185 e. The fourth-order valence-corrected chi connectivity index (χ4v) is 4.08. The summed E-state index contributed by atoms with van der Waals surface area (Å²) in [6.07, 6.45) is 2.61. The Morgan fingerprint density at radius 3 is 2.35 bits per heavy atom. The highest BCUT2D eigenvalue weighted by molar-refractivity contribution is 7.15. The number of anilines is 1. The number of hydrogen-bond donors (Lipinski definition) is 1. The van der Waals surface area contributed by atoms with Crippen LogP contribution in [0.5, 0.6) is 0 Å². The summed E-state index contributed by atoms with van der Waals surface area (Å²) in [6.45, 7) is 15.4. The molecule has 1 aliphatic heterocycles. The van der Waals surface area contributed by atoms with Gasteiger partial charge in [0.15, 0.2) is 5.13 Å². The Morgan fingerprint density at radius 1 is 1.25 bits per heavy atom. The molecule has 1 saturated heterocycles. The Balaban J connectivity index is 2.39. The second-order valence-electron chi connectivity index (χ2n) is 7.84.